The minimum absolute atomic E-state index is 0.262. The minimum atomic E-state index is -0.897. The average molecular weight is 267 g/mol. The van der Waals surface area contributed by atoms with E-state index < -0.39 is 11.8 Å². The highest BCUT2D eigenvalue weighted by atomic mass is 35.5. The van der Waals surface area contributed by atoms with E-state index in [1.807, 2.05) is 6.92 Å². The summed E-state index contributed by atoms with van der Waals surface area (Å²) in [6, 6.07) is 0. The normalized spacial score (nSPS) is 10.6. The first kappa shape index (κ1) is 12.6. The summed E-state index contributed by atoms with van der Waals surface area (Å²) in [4.78, 5) is 30.1. The van der Waals surface area contributed by atoms with Crippen molar-refractivity contribution < 1.29 is 14.3 Å². The van der Waals surface area contributed by atoms with Gasteiger partial charge in [0.2, 0.25) is 0 Å². The lowest BCUT2D eigenvalue weighted by molar-refractivity contribution is -0.135. The number of halogens is 1. The van der Waals surface area contributed by atoms with Crippen LogP contribution in [-0.4, -0.2) is 28.8 Å². The molecule has 0 aliphatic carbocycles. The smallest absolute Gasteiger partial charge is 0.379 e. The Kier molecular flexibility index (Phi) is 3.34. The molecule has 0 aliphatic heterocycles. The fourth-order valence-electron chi connectivity index (χ4n) is 1.83. The number of methoxy groups -OCH3 is 1. The number of pyridine rings is 1. The maximum atomic E-state index is 11.9. The molecule has 0 amide bonds. The fraction of sp³-hybridized carbons (Fsp3) is 0.250. The molecule has 0 radical (unpaired) electrons. The van der Waals surface area contributed by atoms with Gasteiger partial charge < -0.3 is 9.72 Å². The number of carbonyl (C=O) groups excluding carboxylic acids is 2. The van der Waals surface area contributed by atoms with Crippen LogP contribution in [0.2, 0.25) is 5.15 Å². The van der Waals surface area contributed by atoms with Crippen molar-refractivity contribution in [2.45, 2.75) is 13.3 Å². The lowest BCUT2D eigenvalue weighted by Gasteiger charge is -2.03. The monoisotopic (exact) mass is 266 g/mol. The highest BCUT2D eigenvalue weighted by Crippen LogP contribution is 2.27. The van der Waals surface area contributed by atoms with Crippen LogP contribution in [0.25, 0.3) is 10.9 Å². The van der Waals surface area contributed by atoms with Crippen LogP contribution in [0.3, 0.4) is 0 Å². The van der Waals surface area contributed by atoms with Crippen LogP contribution in [0.4, 0.5) is 0 Å². The second-order valence-electron chi connectivity index (χ2n) is 3.70. The summed E-state index contributed by atoms with van der Waals surface area (Å²) in [6.07, 6.45) is 3.74. The van der Waals surface area contributed by atoms with E-state index in [1.54, 1.807) is 6.20 Å². The van der Waals surface area contributed by atoms with E-state index in [9.17, 15) is 9.59 Å². The Balaban J connectivity index is 2.70. The van der Waals surface area contributed by atoms with Gasteiger partial charge in [0.25, 0.3) is 5.78 Å². The molecule has 2 aromatic heterocycles. The summed E-state index contributed by atoms with van der Waals surface area (Å²) in [5.41, 5.74) is 1.67. The highest BCUT2D eigenvalue weighted by Gasteiger charge is 2.23. The Hall–Kier alpha value is -1.88. The number of nitrogens with zero attached hydrogens (tertiary/aromatic N) is 1. The van der Waals surface area contributed by atoms with E-state index >= 15 is 0 Å². The van der Waals surface area contributed by atoms with Gasteiger partial charge in [0, 0.05) is 17.8 Å². The van der Waals surface area contributed by atoms with Crippen LogP contribution < -0.4 is 0 Å². The van der Waals surface area contributed by atoms with Gasteiger partial charge in [-0.15, -0.1) is 0 Å². The van der Waals surface area contributed by atoms with Gasteiger partial charge in [-0.1, -0.05) is 18.5 Å². The average Bonchev–Trinajstić information content (AvgIpc) is 2.83. The van der Waals surface area contributed by atoms with E-state index in [2.05, 4.69) is 14.7 Å². The van der Waals surface area contributed by atoms with Crippen LogP contribution in [0.1, 0.15) is 22.8 Å². The molecule has 2 heterocycles. The van der Waals surface area contributed by atoms with Crippen LogP contribution >= 0.6 is 11.6 Å². The van der Waals surface area contributed by atoms with Crippen molar-refractivity contribution in [2.24, 2.45) is 0 Å². The van der Waals surface area contributed by atoms with Gasteiger partial charge in [-0.3, -0.25) is 4.79 Å². The summed E-state index contributed by atoms with van der Waals surface area (Å²) in [5.74, 6) is -1.59. The van der Waals surface area contributed by atoms with Gasteiger partial charge in [-0.05, 0) is 12.0 Å². The number of hydrogen-bond acceptors (Lipinski definition) is 4. The molecule has 18 heavy (non-hydrogen) atoms. The van der Waals surface area contributed by atoms with Gasteiger partial charge >= 0.3 is 5.97 Å². The van der Waals surface area contributed by atoms with Crippen molar-refractivity contribution in [3.8, 4) is 0 Å². The Bertz CT molecular complexity index is 634. The summed E-state index contributed by atoms with van der Waals surface area (Å²) >= 11 is 5.95. The Morgan fingerprint density at radius 3 is 2.83 bits per heavy atom. The van der Waals surface area contributed by atoms with Crippen molar-refractivity contribution in [2.75, 3.05) is 7.11 Å². The molecule has 0 aliphatic rings. The van der Waals surface area contributed by atoms with Gasteiger partial charge in [0.05, 0.1) is 18.2 Å². The van der Waals surface area contributed by atoms with Gasteiger partial charge in [-0.25, -0.2) is 9.78 Å². The van der Waals surface area contributed by atoms with E-state index in [1.165, 1.54) is 13.3 Å². The van der Waals surface area contributed by atoms with Crippen LogP contribution in [0, 0.1) is 0 Å². The number of aromatic amines is 1. The third-order valence-corrected chi connectivity index (χ3v) is 3.02. The third-order valence-electron chi connectivity index (χ3n) is 2.74. The fourth-order valence-corrected chi connectivity index (χ4v) is 2.03. The van der Waals surface area contributed by atoms with Crippen molar-refractivity contribution in [3.05, 3.63) is 28.7 Å². The number of esters is 1. The van der Waals surface area contributed by atoms with Crippen molar-refractivity contribution >= 4 is 34.3 Å². The van der Waals surface area contributed by atoms with Gasteiger partial charge in [-0.2, -0.15) is 0 Å². The molecule has 2 rings (SSSR count). The predicted molar refractivity (Wildman–Crippen MR) is 66.8 cm³/mol. The highest BCUT2D eigenvalue weighted by molar-refractivity contribution is 6.44. The maximum Gasteiger partial charge on any atom is 0.379 e. The maximum absolute atomic E-state index is 11.9. The van der Waals surface area contributed by atoms with Crippen molar-refractivity contribution in [1.29, 1.82) is 0 Å². The van der Waals surface area contributed by atoms with Crippen molar-refractivity contribution in [1.82, 2.24) is 9.97 Å². The number of hydrogen-bond donors (Lipinski definition) is 1. The molecule has 0 unspecified atom stereocenters. The van der Waals surface area contributed by atoms with E-state index in [0.29, 0.717) is 17.3 Å². The molecule has 5 nitrogen and oxygen atoms in total. The zero-order valence-corrected chi connectivity index (χ0v) is 10.7. The molecular formula is C12H11ClN2O3. The number of fused-ring (bicyclic) bond motifs is 1. The number of nitrogens with one attached hydrogen (secondary N) is 1. The number of aryl methyl sites for hydroxylation is 1. The van der Waals surface area contributed by atoms with E-state index in [-0.39, 0.29) is 10.7 Å². The lowest BCUT2D eigenvalue weighted by Crippen LogP contribution is -2.15. The molecule has 6 heteroatoms. The first-order valence-electron chi connectivity index (χ1n) is 5.37. The largest absolute Gasteiger partial charge is 0.463 e. The predicted octanol–water partition coefficient (Wildman–Crippen LogP) is 2.13. The molecule has 94 valence electrons. The lowest BCUT2D eigenvalue weighted by atomic mass is 10.0. The Morgan fingerprint density at radius 1 is 1.50 bits per heavy atom. The van der Waals surface area contributed by atoms with Crippen molar-refractivity contribution in [3.63, 3.8) is 0 Å². The summed E-state index contributed by atoms with van der Waals surface area (Å²) in [6.45, 7) is 1.93. The number of carbonyl (C=O) groups is 2. The summed E-state index contributed by atoms with van der Waals surface area (Å²) in [5, 5.41) is 0.902. The topological polar surface area (TPSA) is 72.0 Å². The number of ether oxygens (including phenoxy) is 1. The molecule has 0 aromatic carbocycles. The number of rotatable bonds is 3. The van der Waals surface area contributed by atoms with E-state index in [0.717, 1.165) is 5.56 Å². The Labute approximate surface area is 108 Å². The summed E-state index contributed by atoms with van der Waals surface area (Å²) < 4.78 is 4.44. The molecule has 0 saturated carbocycles. The first-order chi connectivity index (χ1) is 8.60. The van der Waals surface area contributed by atoms with Crippen LogP contribution in [0.5, 0.6) is 0 Å². The standard InChI is InChI=1S/C12H11ClN2O3/c1-3-6-4-15-11(13)9-8(6)7(5-14-9)10(16)12(17)18-2/h4-5,14H,3H2,1-2H3. The Morgan fingerprint density at radius 2 is 2.22 bits per heavy atom. The third kappa shape index (κ3) is 1.86. The summed E-state index contributed by atoms with van der Waals surface area (Å²) in [7, 11) is 1.17. The molecule has 1 N–H and O–H groups in total. The molecule has 0 fully saturated rings. The first-order valence-corrected chi connectivity index (χ1v) is 5.75. The SMILES string of the molecule is CCc1cnc(Cl)c2[nH]cc(C(=O)C(=O)OC)c12. The van der Waals surface area contributed by atoms with Crippen LogP contribution in [0.15, 0.2) is 12.4 Å². The zero-order chi connectivity index (χ0) is 13.3. The molecule has 0 bridgehead atoms. The zero-order valence-electron chi connectivity index (χ0n) is 9.91. The second kappa shape index (κ2) is 4.78. The quantitative estimate of drug-likeness (QED) is 0.400. The van der Waals surface area contributed by atoms with E-state index in [4.69, 9.17) is 11.6 Å². The molecule has 0 spiro atoms. The second-order valence-corrected chi connectivity index (χ2v) is 4.06. The minimum Gasteiger partial charge on any atom is -0.463 e. The van der Waals surface area contributed by atoms with Gasteiger partial charge in [0.15, 0.2) is 5.15 Å². The number of ketones is 1. The van der Waals surface area contributed by atoms with Gasteiger partial charge in [0.1, 0.15) is 0 Å². The molecule has 0 atom stereocenters. The number of H-pyrrole nitrogens is 1. The molecular weight excluding hydrogens is 256 g/mol. The number of Topliss-reactive ketones (excluding diaryl/α,β-unsaturated/α-hetero) is 1. The molecule has 2 aromatic rings. The molecule has 0 saturated heterocycles. The van der Waals surface area contributed by atoms with Crippen LogP contribution in [-0.2, 0) is 16.0 Å². The number of aromatic nitrogens is 2.